The number of amides is 1. The summed E-state index contributed by atoms with van der Waals surface area (Å²) < 4.78 is 17.9. The molecule has 0 saturated heterocycles. The minimum absolute atomic E-state index is 0.0997. The molecule has 0 bridgehead atoms. The summed E-state index contributed by atoms with van der Waals surface area (Å²) >= 11 is 0. The van der Waals surface area contributed by atoms with Crippen LogP contribution in [0.2, 0.25) is 0 Å². The van der Waals surface area contributed by atoms with Crippen LogP contribution in [0.3, 0.4) is 0 Å². The van der Waals surface area contributed by atoms with E-state index in [0.717, 1.165) is 4.57 Å². The standard InChI is InChI=1S/C18H21N3O6/c1-20-14(10-16(23)21(2)18(20)24)19-15(22)7-6-11-8-12(25-3)17(27-5)13(9-11)26-4/h6-10H,1-5H3,(H,19,22)/b7-6+. The highest BCUT2D eigenvalue weighted by atomic mass is 16.5. The van der Waals surface area contributed by atoms with Crippen molar-refractivity contribution in [2.45, 2.75) is 0 Å². The number of aromatic nitrogens is 2. The second-order valence-electron chi connectivity index (χ2n) is 5.55. The maximum absolute atomic E-state index is 12.2. The summed E-state index contributed by atoms with van der Waals surface area (Å²) in [6.07, 6.45) is 2.81. The summed E-state index contributed by atoms with van der Waals surface area (Å²) in [4.78, 5) is 35.8. The van der Waals surface area contributed by atoms with Gasteiger partial charge < -0.3 is 19.5 Å². The molecule has 0 unspecified atom stereocenters. The number of benzene rings is 1. The molecule has 1 aromatic carbocycles. The van der Waals surface area contributed by atoms with Gasteiger partial charge in [0.25, 0.3) is 5.56 Å². The van der Waals surface area contributed by atoms with Crippen molar-refractivity contribution in [2.75, 3.05) is 26.6 Å². The number of ether oxygens (including phenoxy) is 3. The molecule has 144 valence electrons. The van der Waals surface area contributed by atoms with Crippen LogP contribution in [0.15, 0.2) is 33.9 Å². The van der Waals surface area contributed by atoms with Crippen molar-refractivity contribution in [1.82, 2.24) is 9.13 Å². The Bertz CT molecular complexity index is 978. The molecule has 0 radical (unpaired) electrons. The summed E-state index contributed by atoms with van der Waals surface area (Å²) in [6, 6.07) is 4.53. The first kappa shape index (κ1) is 19.8. The Labute approximate surface area is 155 Å². The van der Waals surface area contributed by atoms with Crippen LogP contribution in [0.4, 0.5) is 5.82 Å². The van der Waals surface area contributed by atoms with Crippen LogP contribution in [-0.2, 0) is 18.9 Å². The Hall–Kier alpha value is -3.49. The number of hydrogen-bond acceptors (Lipinski definition) is 6. The van der Waals surface area contributed by atoms with E-state index >= 15 is 0 Å². The van der Waals surface area contributed by atoms with Crippen LogP contribution in [0.5, 0.6) is 17.2 Å². The average Bonchev–Trinajstić information content (AvgIpc) is 2.67. The molecular formula is C18H21N3O6. The van der Waals surface area contributed by atoms with Gasteiger partial charge in [0.15, 0.2) is 11.5 Å². The smallest absolute Gasteiger partial charge is 0.332 e. The van der Waals surface area contributed by atoms with Gasteiger partial charge in [0.05, 0.1) is 21.3 Å². The molecule has 0 aliphatic carbocycles. The summed E-state index contributed by atoms with van der Waals surface area (Å²) in [5.74, 6) is 0.933. The molecule has 0 aliphatic heterocycles. The summed E-state index contributed by atoms with van der Waals surface area (Å²) in [7, 11) is 7.31. The Morgan fingerprint density at radius 3 is 2.07 bits per heavy atom. The lowest BCUT2D eigenvalue weighted by Crippen LogP contribution is -2.37. The highest BCUT2D eigenvalue weighted by Crippen LogP contribution is 2.38. The molecule has 0 spiro atoms. The quantitative estimate of drug-likeness (QED) is 0.748. The Balaban J connectivity index is 2.28. The summed E-state index contributed by atoms with van der Waals surface area (Å²) in [5, 5.41) is 2.51. The van der Waals surface area contributed by atoms with Crippen LogP contribution in [-0.4, -0.2) is 36.4 Å². The van der Waals surface area contributed by atoms with E-state index in [1.807, 2.05) is 0 Å². The molecule has 9 nitrogen and oxygen atoms in total. The molecule has 0 atom stereocenters. The zero-order valence-electron chi connectivity index (χ0n) is 15.7. The van der Waals surface area contributed by atoms with Gasteiger partial charge in [-0.3, -0.25) is 18.7 Å². The van der Waals surface area contributed by atoms with E-state index in [1.165, 1.54) is 52.1 Å². The van der Waals surface area contributed by atoms with Crippen LogP contribution in [0, 0.1) is 0 Å². The monoisotopic (exact) mass is 375 g/mol. The van der Waals surface area contributed by atoms with Gasteiger partial charge >= 0.3 is 5.69 Å². The highest BCUT2D eigenvalue weighted by molar-refractivity contribution is 6.01. The summed E-state index contributed by atoms with van der Waals surface area (Å²) in [6.45, 7) is 0. The molecule has 0 saturated carbocycles. The van der Waals surface area contributed by atoms with E-state index in [-0.39, 0.29) is 5.82 Å². The minimum atomic E-state index is -0.536. The number of hydrogen-bond donors (Lipinski definition) is 1. The van der Waals surface area contributed by atoms with Crippen molar-refractivity contribution >= 4 is 17.8 Å². The van der Waals surface area contributed by atoms with E-state index in [2.05, 4.69) is 5.32 Å². The van der Waals surface area contributed by atoms with E-state index in [1.54, 1.807) is 18.2 Å². The molecular weight excluding hydrogens is 354 g/mol. The number of rotatable bonds is 6. The second kappa shape index (κ2) is 8.26. The van der Waals surface area contributed by atoms with Crippen molar-refractivity contribution < 1.29 is 19.0 Å². The van der Waals surface area contributed by atoms with Crippen molar-refractivity contribution in [3.05, 3.63) is 50.7 Å². The molecule has 1 amide bonds. The maximum atomic E-state index is 12.2. The first-order chi connectivity index (χ1) is 12.8. The van der Waals surface area contributed by atoms with Gasteiger partial charge in [-0.1, -0.05) is 0 Å². The molecule has 2 aromatic rings. The first-order valence-electron chi connectivity index (χ1n) is 7.88. The normalized spacial score (nSPS) is 10.7. The topological polar surface area (TPSA) is 101 Å². The van der Waals surface area contributed by atoms with Crippen LogP contribution in [0.1, 0.15) is 5.56 Å². The lowest BCUT2D eigenvalue weighted by molar-refractivity contribution is -0.111. The van der Waals surface area contributed by atoms with E-state index in [0.29, 0.717) is 22.8 Å². The number of carbonyl (C=O) groups is 1. The van der Waals surface area contributed by atoms with Crippen molar-refractivity contribution in [3.63, 3.8) is 0 Å². The third kappa shape index (κ3) is 4.20. The van der Waals surface area contributed by atoms with Gasteiger partial charge in [-0.15, -0.1) is 0 Å². The van der Waals surface area contributed by atoms with Gasteiger partial charge in [0.1, 0.15) is 5.82 Å². The molecule has 9 heteroatoms. The number of methoxy groups -OCH3 is 3. The van der Waals surface area contributed by atoms with E-state index in [4.69, 9.17) is 14.2 Å². The zero-order chi connectivity index (χ0) is 20.1. The van der Waals surface area contributed by atoms with Gasteiger partial charge in [-0.25, -0.2) is 4.79 Å². The molecule has 1 N–H and O–H groups in total. The van der Waals surface area contributed by atoms with Crippen LogP contribution in [0.25, 0.3) is 6.08 Å². The lowest BCUT2D eigenvalue weighted by Gasteiger charge is -2.13. The van der Waals surface area contributed by atoms with E-state index in [9.17, 15) is 14.4 Å². The fourth-order valence-electron chi connectivity index (χ4n) is 2.39. The fourth-order valence-corrected chi connectivity index (χ4v) is 2.39. The lowest BCUT2D eigenvalue weighted by atomic mass is 10.1. The highest BCUT2D eigenvalue weighted by Gasteiger charge is 2.12. The number of nitrogens with zero attached hydrogens (tertiary/aromatic N) is 2. The molecule has 1 aromatic heterocycles. The maximum Gasteiger partial charge on any atom is 0.332 e. The Morgan fingerprint density at radius 2 is 1.56 bits per heavy atom. The summed E-state index contributed by atoms with van der Waals surface area (Å²) in [5.41, 5.74) is -0.411. The molecule has 0 fully saturated rings. The van der Waals surface area contributed by atoms with Crippen molar-refractivity contribution in [1.29, 1.82) is 0 Å². The first-order valence-corrected chi connectivity index (χ1v) is 7.88. The predicted octanol–water partition coefficient (Wildman–Crippen LogP) is 0.762. The van der Waals surface area contributed by atoms with Crippen molar-refractivity contribution in [2.24, 2.45) is 14.1 Å². The van der Waals surface area contributed by atoms with Crippen LogP contribution >= 0.6 is 0 Å². The van der Waals surface area contributed by atoms with E-state index < -0.39 is 17.2 Å². The third-order valence-electron chi connectivity index (χ3n) is 3.89. The molecule has 27 heavy (non-hydrogen) atoms. The van der Waals surface area contributed by atoms with Gasteiger partial charge in [-0.2, -0.15) is 0 Å². The predicted molar refractivity (Wildman–Crippen MR) is 101 cm³/mol. The fraction of sp³-hybridized carbons (Fsp3) is 0.278. The number of anilines is 1. The van der Waals surface area contributed by atoms with Crippen LogP contribution < -0.4 is 30.8 Å². The van der Waals surface area contributed by atoms with Crippen molar-refractivity contribution in [3.8, 4) is 17.2 Å². The largest absolute Gasteiger partial charge is 0.493 e. The Kier molecular flexibility index (Phi) is 6.07. The zero-order valence-corrected chi connectivity index (χ0v) is 15.7. The Morgan fingerprint density at radius 1 is 0.963 bits per heavy atom. The van der Waals surface area contributed by atoms with Gasteiger partial charge in [0.2, 0.25) is 11.7 Å². The number of nitrogens with one attached hydrogen (secondary N) is 1. The molecule has 0 aliphatic rings. The SMILES string of the molecule is COc1cc(/C=C/C(=O)Nc2cc(=O)n(C)c(=O)n2C)cc(OC)c1OC. The molecule has 1 heterocycles. The van der Waals surface area contributed by atoms with Gasteiger partial charge in [0, 0.05) is 26.2 Å². The molecule has 2 rings (SSSR count). The minimum Gasteiger partial charge on any atom is -0.493 e. The second-order valence-corrected chi connectivity index (χ2v) is 5.55. The average molecular weight is 375 g/mol. The number of carbonyl (C=O) groups excluding carboxylic acids is 1. The van der Waals surface area contributed by atoms with Gasteiger partial charge in [-0.05, 0) is 23.8 Å². The third-order valence-corrected chi connectivity index (χ3v) is 3.89.